The first-order valence-electron chi connectivity index (χ1n) is 10.3. The second-order valence-corrected chi connectivity index (χ2v) is 7.77. The molecule has 182 valence electrons. The molecule has 4 rings (SSSR count). The van der Waals surface area contributed by atoms with Gasteiger partial charge in [0.05, 0.1) is 34.1 Å². The van der Waals surface area contributed by atoms with Crippen molar-refractivity contribution in [3.05, 3.63) is 28.8 Å². The summed E-state index contributed by atoms with van der Waals surface area (Å²) in [5, 5.41) is 12.5. The molecule has 1 aliphatic heterocycles. The first-order chi connectivity index (χ1) is 16.2. The molecule has 2 aromatic carbocycles. The summed E-state index contributed by atoms with van der Waals surface area (Å²) >= 11 is 0. The summed E-state index contributed by atoms with van der Waals surface area (Å²) in [7, 11) is 7.41. The molecular formula is C23H25NO10. The molecule has 0 unspecified atom stereocenters. The number of aliphatic hydroxyl groups is 1. The molecule has 1 heterocycles. The number of fused-ring (bicyclic) bond motifs is 2. The molecule has 11 nitrogen and oxygen atoms in total. The van der Waals surface area contributed by atoms with Gasteiger partial charge in [0.1, 0.15) is 0 Å². The maximum absolute atomic E-state index is 13.9. The Morgan fingerprint density at radius 2 is 1.65 bits per heavy atom. The van der Waals surface area contributed by atoms with E-state index in [1.54, 1.807) is 6.07 Å². The smallest absolute Gasteiger partial charge is 0.414 e. The molecule has 1 N–H and O–H groups in total. The van der Waals surface area contributed by atoms with E-state index < -0.39 is 29.2 Å². The van der Waals surface area contributed by atoms with Crippen molar-refractivity contribution >= 4 is 34.3 Å². The molecule has 0 spiro atoms. The summed E-state index contributed by atoms with van der Waals surface area (Å²) in [5.74, 6) is -3.95. The zero-order valence-corrected chi connectivity index (χ0v) is 19.6. The van der Waals surface area contributed by atoms with Gasteiger partial charge in [0, 0.05) is 42.7 Å². The van der Waals surface area contributed by atoms with Crippen LogP contribution in [-0.4, -0.2) is 77.9 Å². The minimum Gasteiger partial charge on any atom is -0.493 e. The fraction of sp³-hybridized carbons (Fsp3) is 0.435. The van der Waals surface area contributed by atoms with Crippen molar-refractivity contribution in [3.63, 3.8) is 0 Å². The lowest BCUT2D eigenvalue weighted by atomic mass is 9.86. The molecule has 34 heavy (non-hydrogen) atoms. The van der Waals surface area contributed by atoms with E-state index in [0.29, 0.717) is 23.2 Å². The molecule has 0 aromatic heterocycles. The normalized spacial score (nSPS) is 20.2. The number of Topliss-reactive ketones (excluding diaryl/α,β-unsaturated/α-hetero) is 1. The van der Waals surface area contributed by atoms with Crippen molar-refractivity contribution in [1.29, 1.82) is 0 Å². The number of anilines is 1. The van der Waals surface area contributed by atoms with E-state index >= 15 is 0 Å². The van der Waals surface area contributed by atoms with Crippen LogP contribution < -0.4 is 14.4 Å². The Bertz CT molecular complexity index is 1220. The van der Waals surface area contributed by atoms with Gasteiger partial charge in [0.25, 0.3) is 11.4 Å². The van der Waals surface area contributed by atoms with Crippen LogP contribution in [0.3, 0.4) is 0 Å². The number of carbonyl (C=O) groups is 3. The number of ether oxygens (including phenoxy) is 6. The number of ketones is 1. The molecule has 0 radical (unpaired) electrons. The third-order valence-electron chi connectivity index (χ3n) is 6.55. The van der Waals surface area contributed by atoms with Gasteiger partial charge < -0.3 is 33.5 Å². The maximum Gasteiger partial charge on any atom is 0.414 e. The first-order valence-corrected chi connectivity index (χ1v) is 10.3. The Hall–Kier alpha value is -3.41. The van der Waals surface area contributed by atoms with Crippen LogP contribution in [-0.2, 0) is 35.8 Å². The Balaban J connectivity index is 2.27. The second-order valence-electron chi connectivity index (χ2n) is 7.77. The lowest BCUT2D eigenvalue weighted by Gasteiger charge is -2.36. The van der Waals surface area contributed by atoms with Crippen LogP contribution in [0.4, 0.5) is 10.5 Å². The van der Waals surface area contributed by atoms with Crippen molar-refractivity contribution in [2.45, 2.75) is 17.8 Å². The van der Waals surface area contributed by atoms with E-state index in [1.165, 1.54) is 32.3 Å². The summed E-state index contributed by atoms with van der Waals surface area (Å²) in [6, 6.07) is 3.15. The number of esters is 1. The minimum absolute atomic E-state index is 0.0703. The molecule has 11 heteroatoms. The van der Waals surface area contributed by atoms with E-state index in [-0.39, 0.29) is 28.8 Å². The number of nitrogens with zero attached hydrogens (tertiary/aromatic N) is 1. The summed E-state index contributed by atoms with van der Waals surface area (Å²) in [6.45, 7) is 0.243. The first kappa shape index (κ1) is 23.7. The fourth-order valence-corrected chi connectivity index (χ4v) is 5.04. The molecule has 0 saturated heterocycles. The molecule has 2 aliphatic rings. The zero-order valence-electron chi connectivity index (χ0n) is 19.6. The molecular weight excluding hydrogens is 450 g/mol. The minimum atomic E-state index is -2.70. The Morgan fingerprint density at radius 1 is 0.971 bits per heavy atom. The van der Waals surface area contributed by atoms with Gasteiger partial charge in [0.15, 0.2) is 11.5 Å². The van der Waals surface area contributed by atoms with Gasteiger partial charge >= 0.3 is 12.1 Å². The second kappa shape index (κ2) is 8.12. The number of carbonyl (C=O) groups excluding carboxylic acids is 3. The van der Waals surface area contributed by atoms with Gasteiger partial charge in [-0.25, -0.2) is 9.59 Å². The van der Waals surface area contributed by atoms with Gasteiger partial charge in [0.2, 0.25) is 5.78 Å². The lowest BCUT2D eigenvalue weighted by Crippen LogP contribution is -2.59. The van der Waals surface area contributed by atoms with Gasteiger partial charge in [-0.15, -0.1) is 0 Å². The van der Waals surface area contributed by atoms with E-state index in [1.807, 2.05) is 0 Å². The molecule has 0 bridgehead atoms. The highest BCUT2D eigenvalue weighted by Crippen LogP contribution is 2.55. The average Bonchev–Trinajstić information content (AvgIpc) is 3.06. The average molecular weight is 475 g/mol. The highest BCUT2D eigenvalue weighted by Gasteiger charge is 2.71. The number of hydrogen-bond acceptors (Lipinski definition) is 10. The third kappa shape index (κ3) is 2.65. The van der Waals surface area contributed by atoms with Crippen LogP contribution in [0, 0.1) is 0 Å². The zero-order chi connectivity index (χ0) is 25.0. The molecule has 2 aromatic rings. The SMILES string of the molecule is COC(=O)N1CCc2cc(OC)c(OC)c3c4c(cc1c23)[C@](O)(C(=O)OC)C(OC)(OC)C4=O. The largest absolute Gasteiger partial charge is 0.493 e. The summed E-state index contributed by atoms with van der Waals surface area (Å²) in [6.07, 6.45) is -0.232. The van der Waals surface area contributed by atoms with Crippen molar-refractivity contribution in [2.75, 3.05) is 54.1 Å². The molecule has 1 atom stereocenters. The quantitative estimate of drug-likeness (QED) is 0.502. The summed E-state index contributed by atoms with van der Waals surface area (Å²) in [4.78, 5) is 40.9. The van der Waals surface area contributed by atoms with E-state index in [0.717, 1.165) is 26.9 Å². The third-order valence-corrected chi connectivity index (χ3v) is 6.55. The Labute approximate surface area is 195 Å². The fourth-order valence-electron chi connectivity index (χ4n) is 5.04. The van der Waals surface area contributed by atoms with Crippen molar-refractivity contribution in [2.24, 2.45) is 0 Å². The van der Waals surface area contributed by atoms with E-state index in [9.17, 15) is 19.5 Å². The summed E-state index contributed by atoms with van der Waals surface area (Å²) < 4.78 is 31.7. The lowest BCUT2D eigenvalue weighted by molar-refractivity contribution is -0.267. The molecule has 1 amide bonds. The Kier molecular flexibility index (Phi) is 5.67. The highest BCUT2D eigenvalue weighted by molar-refractivity contribution is 6.24. The molecule has 0 saturated carbocycles. The Morgan fingerprint density at radius 3 is 2.18 bits per heavy atom. The van der Waals surface area contributed by atoms with Crippen LogP contribution >= 0.6 is 0 Å². The number of benzene rings is 2. The maximum atomic E-state index is 13.9. The van der Waals surface area contributed by atoms with Gasteiger partial charge in [-0.2, -0.15) is 0 Å². The predicted octanol–water partition coefficient (Wildman–Crippen LogP) is 1.53. The van der Waals surface area contributed by atoms with Crippen LogP contribution in [0.5, 0.6) is 11.5 Å². The van der Waals surface area contributed by atoms with Crippen molar-refractivity contribution in [1.82, 2.24) is 0 Å². The van der Waals surface area contributed by atoms with Crippen molar-refractivity contribution < 1.29 is 47.9 Å². The molecule has 1 aliphatic carbocycles. The van der Waals surface area contributed by atoms with E-state index in [4.69, 9.17) is 28.4 Å². The van der Waals surface area contributed by atoms with Gasteiger partial charge in [-0.1, -0.05) is 0 Å². The summed E-state index contributed by atoms with van der Waals surface area (Å²) in [5.41, 5.74) is -1.85. The van der Waals surface area contributed by atoms with Crippen molar-refractivity contribution in [3.8, 4) is 11.5 Å². The monoisotopic (exact) mass is 475 g/mol. The standard InChI is InChI=1S/C23H25NO10/c1-29-14-9-11-7-8-24(21(27)32-4)13-10-12-16(17(15(11)13)18(14)30-2)19(25)23(33-5,34-6)22(12,28)20(26)31-3/h9-10,28H,7-8H2,1-6H3/t22-/m0/s1. The predicted molar refractivity (Wildman–Crippen MR) is 117 cm³/mol. The van der Waals surface area contributed by atoms with Gasteiger partial charge in [-0.05, 0) is 24.1 Å². The van der Waals surface area contributed by atoms with Crippen LogP contribution in [0.25, 0.3) is 10.8 Å². The highest BCUT2D eigenvalue weighted by atomic mass is 16.7. The molecule has 0 fully saturated rings. The van der Waals surface area contributed by atoms with Crippen LogP contribution in [0.2, 0.25) is 0 Å². The van der Waals surface area contributed by atoms with E-state index in [2.05, 4.69) is 0 Å². The van der Waals surface area contributed by atoms with Gasteiger partial charge in [-0.3, -0.25) is 9.69 Å². The number of methoxy groups -OCH3 is 6. The van der Waals surface area contributed by atoms with Crippen LogP contribution in [0.15, 0.2) is 12.1 Å². The number of amides is 1. The topological polar surface area (TPSA) is 130 Å². The number of rotatable bonds is 5. The van der Waals surface area contributed by atoms with Crippen LogP contribution in [0.1, 0.15) is 21.5 Å². The number of hydrogen-bond donors (Lipinski definition) is 1.